The molecule has 1 aromatic carbocycles. The van der Waals surface area contributed by atoms with Gasteiger partial charge in [-0.1, -0.05) is 11.6 Å². The lowest BCUT2D eigenvalue weighted by atomic mass is 10.1. The van der Waals surface area contributed by atoms with E-state index < -0.39 is 17.6 Å². The van der Waals surface area contributed by atoms with Crippen molar-refractivity contribution in [2.24, 2.45) is 0 Å². The second-order valence-electron chi connectivity index (χ2n) is 6.88. The number of nitrogens with one attached hydrogen (secondary N) is 1. The zero-order chi connectivity index (χ0) is 21.0. The molecule has 3 amide bonds. The summed E-state index contributed by atoms with van der Waals surface area (Å²) in [6.07, 6.45) is -4.63. The Morgan fingerprint density at radius 3 is 2.28 bits per heavy atom. The number of piperazine rings is 1. The summed E-state index contributed by atoms with van der Waals surface area (Å²) in [5.41, 5.74) is -1.31. The topological polar surface area (TPSA) is 65.1 Å². The minimum atomic E-state index is -4.63. The number of amides is 3. The van der Waals surface area contributed by atoms with Crippen LogP contribution in [-0.2, 0) is 15.7 Å². The van der Waals surface area contributed by atoms with E-state index in [1.54, 1.807) is 9.80 Å². The Kier molecular flexibility index (Phi) is 6.86. The number of benzene rings is 1. The summed E-state index contributed by atoms with van der Waals surface area (Å²) in [7, 11) is 0. The fourth-order valence-electron chi connectivity index (χ4n) is 3.30. The Morgan fingerprint density at radius 2 is 1.66 bits per heavy atom. The van der Waals surface area contributed by atoms with Crippen molar-refractivity contribution in [3.8, 4) is 0 Å². The van der Waals surface area contributed by atoms with E-state index >= 15 is 0 Å². The van der Waals surface area contributed by atoms with Gasteiger partial charge in [0.1, 0.15) is 0 Å². The van der Waals surface area contributed by atoms with Gasteiger partial charge in [-0.2, -0.15) is 13.2 Å². The number of urea groups is 1. The molecule has 0 aliphatic carbocycles. The Balaban J connectivity index is 1.51. The maximum Gasteiger partial charge on any atom is 0.418 e. The third-order valence-electron chi connectivity index (χ3n) is 4.85. The molecule has 0 bridgehead atoms. The summed E-state index contributed by atoms with van der Waals surface area (Å²) in [6, 6.07) is 3.17. The van der Waals surface area contributed by atoms with Crippen molar-refractivity contribution in [2.75, 3.05) is 64.3 Å². The van der Waals surface area contributed by atoms with Crippen LogP contribution in [0.1, 0.15) is 5.56 Å². The van der Waals surface area contributed by atoms with Crippen molar-refractivity contribution in [1.29, 1.82) is 0 Å². The maximum atomic E-state index is 13.1. The third-order valence-corrected chi connectivity index (χ3v) is 5.09. The minimum absolute atomic E-state index is 0.0478. The highest BCUT2D eigenvalue weighted by Crippen LogP contribution is 2.36. The van der Waals surface area contributed by atoms with Crippen molar-refractivity contribution < 1.29 is 27.5 Å². The predicted octanol–water partition coefficient (Wildman–Crippen LogP) is 2.37. The predicted molar refractivity (Wildman–Crippen MR) is 101 cm³/mol. The van der Waals surface area contributed by atoms with Gasteiger partial charge >= 0.3 is 12.2 Å². The van der Waals surface area contributed by atoms with Gasteiger partial charge in [0.05, 0.1) is 31.0 Å². The highest BCUT2D eigenvalue weighted by atomic mass is 35.5. The van der Waals surface area contributed by atoms with Gasteiger partial charge in [-0.3, -0.25) is 9.69 Å². The van der Waals surface area contributed by atoms with E-state index in [-0.39, 0.29) is 23.3 Å². The number of carbonyl (C=O) groups excluding carboxylic acids is 2. The average molecular weight is 435 g/mol. The quantitative estimate of drug-likeness (QED) is 0.793. The first-order chi connectivity index (χ1) is 13.7. The molecule has 2 saturated heterocycles. The number of rotatable bonds is 3. The second kappa shape index (κ2) is 9.19. The van der Waals surface area contributed by atoms with Crippen LogP contribution >= 0.6 is 11.6 Å². The lowest BCUT2D eigenvalue weighted by Gasteiger charge is -2.38. The zero-order valence-corrected chi connectivity index (χ0v) is 16.4. The van der Waals surface area contributed by atoms with Gasteiger partial charge in [0.15, 0.2) is 0 Å². The Bertz CT molecular complexity index is 748. The molecule has 0 atom stereocenters. The summed E-state index contributed by atoms with van der Waals surface area (Å²) in [5.74, 6) is -0.550. The van der Waals surface area contributed by atoms with Crippen molar-refractivity contribution in [3.05, 3.63) is 28.8 Å². The van der Waals surface area contributed by atoms with Crippen LogP contribution in [0.4, 0.5) is 23.7 Å². The van der Waals surface area contributed by atoms with Crippen LogP contribution in [0.3, 0.4) is 0 Å². The number of nitrogens with zero attached hydrogens (tertiary/aromatic N) is 3. The summed E-state index contributed by atoms with van der Waals surface area (Å²) >= 11 is 5.65. The molecule has 1 aromatic rings. The van der Waals surface area contributed by atoms with Crippen LogP contribution < -0.4 is 5.32 Å². The van der Waals surface area contributed by atoms with Crippen LogP contribution in [-0.4, -0.2) is 85.7 Å². The third kappa shape index (κ3) is 5.74. The van der Waals surface area contributed by atoms with E-state index in [0.717, 1.165) is 12.1 Å². The molecule has 0 unspecified atom stereocenters. The lowest BCUT2D eigenvalue weighted by Crippen LogP contribution is -2.55. The number of morpholine rings is 1. The molecule has 0 spiro atoms. The average Bonchev–Trinajstić information content (AvgIpc) is 2.69. The summed E-state index contributed by atoms with van der Waals surface area (Å²) in [4.78, 5) is 30.0. The van der Waals surface area contributed by atoms with E-state index in [9.17, 15) is 22.8 Å². The van der Waals surface area contributed by atoms with Gasteiger partial charge < -0.3 is 19.9 Å². The van der Waals surface area contributed by atoms with Gasteiger partial charge in [-0.25, -0.2) is 4.79 Å². The van der Waals surface area contributed by atoms with Crippen molar-refractivity contribution in [1.82, 2.24) is 14.7 Å². The monoisotopic (exact) mass is 434 g/mol. The van der Waals surface area contributed by atoms with Crippen LogP contribution in [0, 0.1) is 0 Å². The Morgan fingerprint density at radius 1 is 1.03 bits per heavy atom. The van der Waals surface area contributed by atoms with Crippen LogP contribution in [0.25, 0.3) is 0 Å². The molecule has 1 N–H and O–H groups in total. The number of hydrogen-bond acceptors (Lipinski definition) is 4. The van der Waals surface area contributed by atoms with E-state index in [0.29, 0.717) is 52.5 Å². The number of anilines is 1. The van der Waals surface area contributed by atoms with Crippen LogP contribution in [0.2, 0.25) is 5.02 Å². The zero-order valence-electron chi connectivity index (χ0n) is 15.7. The fourth-order valence-corrected chi connectivity index (χ4v) is 3.48. The molecule has 0 saturated carbocycles. The molecule has 0 radical (unpaired) electrons. The molecule has 11 heteroatoms. The standard InChI is InChI=1S/C18H22ClF3N4O3/c19-13-1-2-15(14(11-13)18(20,21)22)23-16(27)12-24-3-5-25(6-4-24)17(28)26-7-9-29-10-8-26/h1-2,11H,3-10,12H2,(H,23,27). The fraction of sp³-hybridized carbons (Fsp3) is 0.556. The lowest BCUT2D eigenvalue weighted by molar-refractivity contribution is -0.137. The summed E-state index contributed by atoms with van der Waals surface area (Å²) in [6.45, 7) is 3.96. The SMILES string of the molecule is O=C(CN1CCN(C(=O)N2CCOCC2)CC1)Nc1ccc(Cl)cc1C(F)(F)F. The number of halogens is 4. The van der Waals surface area contributed by atoms with Gasteiger partial charge in [0, 0.05) is 44.3 Å². The minimum Gasteiger partial charge on any atom is -0.378 e. The molecule has 2 fully saturated rings. The molecule has 0 aromatic heterocycles. The normalized spacial score (nSPS) is 18.6. The highest BCUT2D eigenvalue weighted by Gasteiger charge is 2.34. The second-order valence-corrected chi connectivity index (χ2v) is 7.32. The van der Waals surface area contributed by atoms with E-state index in [1.165, 1.54) is 6.07 Å². The molecular formula is C18H22ClF3N4O3. The molecular weight excluding hydrogens is 413 g/mol. The van der Waals surface area contributed by atoms with Crippen molar-refractivity contribution >= 4 is 29.2 Å². The van der Waals surface area contributed by atoms with E-state index in [4.69, 9.17) is 16.3 Å². The van der Waals surface area contributed by atoms with Gasteiger partial charge in [-0.05, 0) is 18.2 Å². The van der Waals surface area contributed by atoms with Crippen LogP contribution in [0.5, 0.6) is 0 Å². The molecule has 2 heterocycles. The summed E-state index contributed by atoms with van der Waals surface area (Å²) in [5, 5.41) is 2.26. The van der Waals surface area contributed by atoms with Crippen LogP contribution in [0.15, 0.2) is 18.2 Å². The number of ether oxygens (including phenoxy) is 1. The molecule has 2 aliphatic rings. The number of alkyl halides is 3. The van der Waals surface area contributed by atoms with Gasteiger partial charge in [-0.15, -0.1) is 0 Å². The molecule has 29 heavy (non-hydrogen) atoms. The molecule has 160 valence electrons. The Labute approximate surface area is 171 Å². The van der Waals surface area contributed by atoms with Gasteiger partial charge in [0.25, 0.3) is 0 Å². The first kappa shape index (κ1) is 21.7. The number of hydrogen-bond donors (Lipinski definition) is 1. The maximum absolute atomic E-state index is 13.1. The Hall–Kier alpha value is -2.04. The molecule has 7 nitrogen and oxygen atoms in total. The first-order valence-corrected chi connectivity index (χ1v) is 9.62. The highest BCUT2D eigenvalue weighted by molar-refractivity contribution is 6.30. The molecule has 3 rings (SSSR count). The first-order valence-electron chi connectivity index (χ1n) is 9.24. The van der Waals surface area contributed by atoms with E-state index in [1.807, 2.05) is 4.90 Å². The summed E-state index contributed by atoms with van der Waals surface area (Å²) < 4.78 is 44.7. The van der Waals surface area contributed by atoms with Gasteiger partial charge in [0.2, 0.25) is 5.91 Å². The number of carbonyl (C=O) groups is 2. The molecule has 2 aliphatic heterocycles. The van der Waals surface area contributed by atoms with Crippen molar-refractivity contribution in [2.45, 2.75) is 6.18 Å². The van der Waals surface area contributed by atoms with Crippen molar-refractivity contribution in [3.63, 3.8) is 0 Å². The largest absolute Gasteiger partial charge is 0.418 e. The van der Waals surface area contributed by atoms with E-state index in [2.05, 4.69) is 5.32 Å². The smallest absolute Gasteiger partial charge is 0.378 e.